The van der Waals surface area contributed by atoms with Crippen LogP contribution in [-0.2, 0) is 16.0 Å². The number of fused-ring (bicyclic) bond motifs is 1. The molecule has 126 valence electrons. The molecule has 0 bridgehead atoms. The molecule has 3 rings (SSSR count). The first-order valence-corrected chi connectivity index (χ1v) is 8.06. The largest absolute Gasteiger partial charge is 0.457 e. The Balaban J connectivity index is 1.78. The fourth-order valence-corrected chi connectivity index (χ4v) is 2.76. The van der Waals surface area contributed by atoms with Crippen molar-refractivity contribution in [2.45, 2.75) is 33.3 Å². The minimum atomic E-state index is -0.358. The third kappa shape index (κ3) is 3.70. The summed E-state index contributed by atoms with van der Waals surface area (Å²) >= 11 is 0. The summed E-state index contributed by atoms with van der Waals surface area (Å²) in [5.74, 6) is 1.18. The van der Waals surface area contributed by atoms with E-state index in [2.05, 4.69) is 20.8 Å². The molecule has 1 aliphatic rings. The molecule has 0 N–H and O–H groups in total. The van der Waals surface area contributed by atoms with Gasteiger partial charge in [-0.05, 0) is 23.3 Å². The zero-order chi connectivity index (χ0) is 17.2. The molecule has 0 spiro atoms. The van der Waals surface area contributed by atoms with Crippen LogP contribution < -0.4 is 9.47 Å². The Morgan fingerprint density at radius 1 is 1.08 bits per heavy atom. The Morgan fingerprint density at radius 2 is 1.79 bits per heavy atom. The van der Waals surface area contributed by atoms with Gasteiger partial charge >= 0.3 is 5.97 Å². The third-order valence-electron chi connectivity index (χ3n) is 3.93. The molecule has 0 aliphatic carbocycles. The van der Waals surface area contributed by atoms with Crippen LogP contribution in [0.1, 0.15) is 38.0 Å². The van der Waals surface area contributed by atoms with Gasteiger partial charge in [0.2, 0.25) is 6.79 Å². The van der Waals surface area contributed by atoms with Crippen LogP contribution in [0, 0.1) is 5.41 Å². The van der Waals surface area contributed by atoms with E-state index in [1.54, 1.807) is 0 Å². The molecule has 4 nitrogen and oxygen atoms in total. The molecule has 1 heterocycles. The predicted molar refractivity (Wildman–Crippen MR) is 91.0 cm³/mol. The summed E-state index contributed by atoms with van der Waals surface area (Å²) in [7, 11) is 0. The van der Waals surface area contributed by atoms with E-state index in [0.29, 0.717) is 5.75 Å². The van der Waals surface area contributed by atoms with Gasteiger partial charge in [0, 0.05) is 5.41 Å². The minimum absolute atomic E-state index is 0.229. The van der Waals surface area contributed by atoms with Gasteiger partial charge in [-0.15, -0.1) is 0 Å². The fourth-order valence-electron chi connectivity index (χ4n) is 2.76. The van der Waals surface area contributed by atoms with Crippen molar-refractivity contribution in [3.8, 4) is 11.5 Å². The Hall–Kier alpha value is -2.49. The van der Waals surface area contributed by atoms with E-state index in [9.17, 15) is 4.79 Å². The van der Waals surface area contributed by atoms with Gasteiger partial charge in [0.1, 0.15) is 6.10 Å². The second-order valence-corrected chi connectivity index (χ2v) is 7.01. The van der Waals surface area contributed by atoms with Crippen LogP contribution in [0.25, 0.3) is 0 Å². The highest BCUT2D eigenvalue weighted by molar-refractivity contribution is 5.73. The molecule has 2 aromatic carbocycles. The van der Waals surface area contributed by atoms with Crippen molar-refractivity contribution in [3.05, 3.63) is 59.7 Å². The first-order valence-electron chi connectivity index (χ1n) is 8.06. The maximum Gasteiger partial charge on any atom is 0.310 e. The van der Waals surface area contributed by atoms with Crippen molar-refractivity contribution in [2.24, 2.45) is 5.41 Å². The van der Waals surface area contributed by atoms with Crippen molar-refractivity contribution in [1.82, 2.24) is 0 Å². The van der Waals surface area contributed by atoms with Crippen molar-refractivity contribution >= 4 is 5.97 Å². The van der Waals surface area contributed by atoms with E-state index in [1.165, 1.54) is 0 Å². The standard InChI is InChI=1S/C20H22O4/c1-20(2,3)19(15-9-10-16-17(12-15)23-13-22-16)24-18(21)11-14-7-5-4-6-8-14/h4-10,12,19H,11,13H2,1-3H3/t19-/m0/s1. The lowest BCUT2D eigenvalue weighted by Gasteiger charge is -2.30. The monoisotopic (exact) mass is 326 g/mol. The van der Waals surface area contributed by atoms with Crippen molar-refractivity contribution in [1.29, 1.82) is 0 Å². The summed E-state index contributed by atoms with van der Waals surface area (Å²) in [6, 6.07) is 15.3. The van der Waals surface area contributed by atoms with Gasteiger partial charge in [-0.2, -0.15) is 0 Å². The summed E-state index contributed by atoms with van der Waals surface area (Å²) in [5.41, 5.74) is 1.62. The molecule has 0 fully saturated rings. The average molecular weight is 326 g/mol. The Labute approximate surface area is 142 Å². The second kappa shape index (κ2) is 6.56. The Morgan fingerprint density at radius 3 is 2.50 bits per heavy atom. The maximum absolute atomic E-state index is 12.4. The summed E-state index contributed by atoms with van der Waals surface area (Å²) in [6.45, 7) is 6.39. The molecule has 0 saturated carbocycles. The molecular weight excluding hydrogens is 304 g/mol. The lowest BCUT2D eigenvalue weighted by molar-refractivity contribution is -0.154. The normalized spacial score (nSPS) is 14.3. The number of ether oxygens (including phenoxy) is 3. The average Bonchev–Trinajstić information content (AvgIpc) is 3.00. The van der Waals surface area contributed by atoms with E-state index in [1.807, 2.05) is 48.5 Å². The number of hydrogen-bond acceptors (Lipinski definition) is 4. The van der Waals surface area contributed by atoms with Crippen LogP contribution >= 0.6 is 0 Å². The van der Waals surface area contributed by atoms with Crippen LogP contribution in [-0.4, -0.2) is 12.8 Å². The SMILES string of the molecule is CC(C)(C)[C@@H](OC(=O)Cc1ccccc1)c1ccc2c(c1)OCO2. The van der Waals surface area contributed by atoms with Crippen molar-refractivity contribution < 1.29 is 19.0 Å². The van der Waals surface area contributed by atoms with Gasteiger partial charge in [0.05, 0.1) is 6.42 Å². The first-order chi connectivity index (χ1) is 11.4. The van der Waals surface area contributed by atoms with E-state index in [0.717, 1.165) is 16.9 Å². The number of carbonyl (C=O) groups excluding carboxylic acids is 1. The van der Waals surface area contributed by atoms with Gasteiger partial charge in [-0.25, -0.2) is 0 Å². The predicted octanol–water partition coefficient (Wildman–Crippen LogP) is 4.29. The highest BCUT2D eigenvalue weighted by atomic mass is 16.7. The number of benzene rings is 2. The molecule has 1 aliphatic heterocycles. The van der Waals surface area contributed by atoms with Gasteiger partial charge in [0.15, 0.2) is 11.5 Å². The van der Waals surface area contributed by atoms with Gasteiger partial charge in [-0.3, -0.25) is 4.79 Å². The number of esters is 1. The van der Waals surface area contributed by atoms with Crippen molar-refractivity contribution in [3.63, 3.8) is 0 Å². The molecule has 0 aromatic heterocycles. The van der Waals surface area contributed by atoms with E-state index >= 15 is 0 Å². The molecule has 0 radical (unpaired) electrons. The third-order valence-corrected chi connectivity index (χ3v) is 3.93. The molecule has 0 amide bonds. The molecule has 24 heavy (non-hydrogen) atoms. The molecule has 0 unspecified atom stereocenters. The number of hydrogen-bond donors (Lipinski definition) is 0. The summed E-state index contributed by atoms with van der Waals surface area (Å²) in [5, 5.41) is 0. The highest BCUT2D eigenvalue weighted by Crippen LogP contribution is 2.41. The van der Waals surface area contributed by atoms with Gasteiger partial charge in [0.25, 0.3) is 0 Å². The molecular formula is C20H22O4. The first kappa shape index (κ1) is 16.4. The number of rotatable bonds is 4. The second-order valence-electron chi connectivity index (χ2n) is 7.01. The quantitative estimate of drug-likeness (QED) is 0.786. The molecule has 0 saturated heterocycles. The zero-order valence-electron chi connectivity index (χ0n) is 14.2. The van der Waals surface area contributed by atoms with E-state index in [-0.39, 0.29) is 30.7 Å². The van der Waals surface area contributed by atoms with Gasteiger partial charge < -0.3 is 14.2 Å². The van der Waals surface area contributed by atoms with Crippen LogP contribution in [0.3, 0.4) is 0 Å². The van der Waals surface area contributed by atoms with Crippen LogP contribution in [0.5, 0.6) is 11.5 Å². The molecule has 4 heteroatoms. The lowest BCUT2D eigenvalue weighted by Crippen LogP contribution is -2.25. The smallest absolute Gasteiger partial charge is 0.310 e. The summed E-state index contributed by atoms with van der Waals surface area (Å²) in [4.78, 5) is 12.4. The van der Waals surface area contributed by atoms with E-state index in [4.69, 9.17) is 14.2 Å². The summed E-state index contributed by atoms with van der Waals surface area (Å²) in [6.07, 6.45) is -0.0963. The Bertz CT molecular complexity index is 716. The van der Waals surface area contributed by atoms with Crippen molar-refractivity contribution in [2.75, 3.05) is 6.79 Å². The molecule has 1 atom stereocenters. The van der Waals surface area contributed by atoms with Crippen LogP contribution in [0.2, 0.25) is 0 Å². The maximum atomic E-state index is 12.4. The Kier molecular flexibility index (Phi) is 4.47. The molecule has 2 aromatic rings. The van der Waals surface area contributed by atoms with Gasteiger partial charge in [-0.1, -0.05) is 57.2 Å². The minimum Gasteiger partial charge on any atom is -0.457 e. The summed E-state index contributed by atoms with van der Waals surface area (Å²) < 4.78 is 16.6. The van der Waals surface area contributed by atoms with Crippen LogP contribution in [0.15, 0.2) is 48.5 Å². The number of carbonyl (C=O) groups is 1. The lowest BCUT2D eigenvalue weighted by atomic mass is 9.84. The highest BCUT2D eigenvalue weighted by Gasteiger charge is 2.31. The topological polar surface area (TPSA) is 44.8 Å². The fraction of sp³-hybridized carbons (Fsp3) is 0.350. The van der Waals surface area contributed by atoms with Crippen LogP contribution in [0.4, 0.5) is 0 Å². The van der Waals surface area contributed by atoms with E-state index < -0.39 is 0 Å². The zero-order valence-corrected chi connectivity index (χ0v) is 14.2.